The van der Waals surface area contributed by atoms with E-state index in [2.05, 4.69) is 30.9 Å². The van der Waals surface area contributed by atoms with Crippen LogP contribution >= 0.6 is 0 Å². The summed E-state index contributed by atoms with van der Waals surface area (Å²) in [5.74, 6) is 0.0460. The quantitative estimate of drug-likeness (QED) is 0.427. The molecule has 0 bridgehead atoms. The third-order valence-electron chi connectivity index (χ3n) is 2.76. The zero-order valence-electron chi connectivity index (χ0n) is 14.0. The Balaban J connectivity index is 2.99. The summed E-state index contributed by atoms with van der Waals surface area (Å²) in [7, 11) is 0. The molecule has 23 heavy (non-hydrogen) atoms. The number of aliphatic carboxylic acids is 1. The van der Waals surface area contributed by atoms with E-state index < -0.39 is 12.0 Å². The van der Waals surface area contributed by atoms with Gasteiger partial charge < -0.3 is 26.2 Å². The summed E-state index contributed by atoms with van der Waals surface area (Å²) in [4.78, 5) is 23.9. The number of aliphatic hydroxyl groups excluding tert-OH is 1. The van der Waals surface area contributed by atoms with Crippen molar-refractivity contribution in [1.29, 1.82) is 0 Å². The average Bonchev–Trinajstić information content (AvgIpc) is 2.43. The summed E-state index contributed by atoms with van der Waals surface area (Å²) in [6.45, 7) is 8.01. The number of anilines is 3. The summed E-state index contributed by atoms with van der Waals surface area (Å²) in [5.41, 5.74) is 0. The molecule has 0 fully saturated rings. The fraction of sp³-hybridized carbons (Fsp3) is 0.714. The first-order valence-corrected chi connectivity index (χ1v) is 7.68. The van der Waals surface area contributed by atoms with Gasteiger partial charge in [0.05, 0.1) is 6.61 Å². The van der Waals surface area contributed by atoms with E-state index in [9.17, 15) is 9.90 Å². The Labute approximate surface area is 136 Å². The summed E-state index contributed by atoms with van der Waals surface area (Å²) in [6, 6.07) is -0.670. The topological polar surface area (TPSA) is 132 Å². The average molecular weight is 326 g/mol. The van der Waals surface area contributed by atoms with Crippen molar-refractivity contribution in [2.45, 2.75) is 46.2 Å². The van der Waals surface area contributed by atoms with Crippen LogP contribution in [0.3, 0.4) is 0 Å². The van der Waals surface area contributed by atoms with Crippen LogP contribution in [-0.2, 0) is 4.79 Å². The molecule has 1 aromatic heterocycles. The van der Waals surface area contributed by atoms with Gasteiger partial charge in [-0.3, -0.25) is 0 Å². The van der Waals surface area contributed by atoms with Gasteiger partial charge in [-0.1, -0.05) is 13.8 Å². The molecule has 0 saturated heterocycles. The standard InChI is InChI=1S/C14H26N6O3/c1-8(2)7-10(11(22)23)17-14-19-12(15-5-6-21)18-13(20-14)16-9(3)4/h8-10,21H,5-7H2,1-4H3,(H,22,23)(H3,15,16,17,18,19,20)/t10-/m1/s1. The van der Waals surface area contributed by atoms with Gasteiger partial charge in [0.25, 0.3) is 0 Å². The SMILES string of the molecule is CC(C)C[C@@H](Nc1nc(NCCO)nc(NC(C)C)n1)C(=O)O. The van der Waals surface area contributed by atoms with E-state index in [4.69, 9.17) is 5.11 Å². The molecular weight excluding hydrogens is 300 g/mol. The number of aliphatic hydroxyl groups is 1. The molecule has 0 spiro atoms. The van der Waals surface area contributed by atoms with Gasteiger partial charge in [0.2, 0.25) is 17.8 Å². The lowest BCUT2D eigenvalue weighted by Gasteiger charge is -2.18. The molecule has 0 unspecified atom stereocenters. The van der Waals surface area contributed by atoms with Crippen LogP contribution in [0.25, 0.3) is 0 Å². The third kappa shape index (κ3) is 7.09. The number of carboxylic acids is 1. The molecular formula is C14H26N6O3. The van der Waals surface area contributed by atoms with Gasteiger partial charge >= 0.3 is 5.97 Å². The number of carbonyl (C=O) groups is 1. The second-order valence-corrected chi connectivity index (χ2v) is 5.92. The van der Waals surface area contributed by atoms with Crippen molar-refractivity contribution in [3.63, 3.8) is 0 Å². The van der Waals surface area contributed by atoms with Crippen molar-refractivity contribution < 1.29 is 15.0 Å². The Kier molecular flexibility index (Phi) is 7.46. The van der Waals surface area contributed by atoms with Crippen LogP contribution in [0.15, 0.2) is 0 Å². The maximum atomic E-state index is 11.4. The number of aromatic nitrogens is 3. The lowest BCUT2D eigenvalue weighted by Crippen LogP contribution is -2.32. The van der Waals surface area contributed by atoms with Crippen LogP contribution in [-0.4, -0.2) is 56.4 Å². The van der Waals surface area contributed by atoms with Crippen molar-refractivity contribution >= 4 is 23.8 Å². The van der Waals surface area contributed by atoms with E-state index in [-0.39, 0.29) is 30.5 Å². The van der Waals surface area contributed by atoms with Crippen LogP contribution in [0.4, 0.5) is 17.8 Å². The Morgan fingerprint density at radius 2 is 1.61 bits per heavy atom. The number of carboxylic acid groups (broad SMARTS) is 1. The summed E-state index contributed by atoms with van der Waals surface area (Å²) >= 11 is 0. The van der Waals surface area contributed by atoms with E-state index in [0.29, 0.717) is 18.9 Å². The molecule has 0 aliphatic carbocycles. The Hall–Kier alpha value is -2.16. The van der Waals surface area contributed by atoms with Crippen molar-refractivity contribution in [2.75, 3.05) is 29.1 Å². The van der Waals surface area contributed by atoms with Crippen LogP contribution in [0.1, 0.15) is 34.1 Å². The lowest BCUT2D eigenvalue weighted by atomic mass is 10.0. The van der Waals surface area contributed by atoms with Crippen molar-refractivity contribution in [2.24, 2.45) is 5.92 Å². The second-order valence-electron chi connectivity index (χ2n) is 5.92. The number of nitrogens with one attached hydrogen (secondary N) is 3. The second kappa shape index (κ2) is 9.09. The highest BCUT2D eigenvalue weighted by atomic mass is 16.4. The minimum atomic E-state index is -0.956. The molecule has 9 nitrogen and oxygen atoms in total. The fourth-order valence-corrected chi connectivity index (χ4v) is 1.86. The highest BCUT2D eigenvalue weighted by molar-refractivity contribution is 5.76. The lowest BCUT2D eigenvalue weighted by molar-refractivity contribution is -0.138. The molecule has 1 aromatic rings. The number of hydrogen-bond acceptors (Lipinski definition) is 8. The maximum Gasteiger partial charge on any atom is 0.326 e. The van der Waals surface area contributed by atoms with Crippen molar-refractivity contribution in [3.8, 4) is 0 Å². The first-order valence-electron chi connectivity index (χ1n) is 7.68. The van der Waals surface area contributed by atoms with Gasteiger partial charge in [-0.25, -0.2) is 4.79 Å². The molecule has 0 amide bonds. The molecule has 130 valence electrons. The molecule has 0 saturated carbocycles. The maximum absolute atomic E-state index is 11.4. The first-order chi connectivity index (χ1) is 10.8. The van der Waals surface area contributed by atoms with Gasteiger partial charge in [-0.2, -0.15) is 15.0 Å². The molecule has 1 rings (SSSR count). The summed E-state index contributed by atoms with van der Waals surface area (Å²) in [5, 5.41) is 26.9. The summed E-state index contributed by atoms with van der Waals surface area (Å²) in [6.07, 6.45) is 0.452. The van der Waals surface area contributed by atoms with E-state index in [0.717, 1.165) is 0 Å². The number of nitrogens with zero attached hydrogens (tertiary/aromatic N) is 3. The molecule has 0 aliphatic heterocycles. The zero-order chi connectivity index (χ0) is 17.4. The normalized spacial score (nSPS) is 12.3. The molecule has 1 atom stereocenters. The predicted molar refractivity (Wildman–Crippen MR) is 88.7 cm³/mol. The third-order valence-corrected chi connectivity index (χ3v) is 2.76. The Morgan fingerprint density at radius 1 is 1.04 bits per heavy atom. The summed E-state index contributed by atoms with van der Waals surface area (Å²) < 4.78 is 0. The molecule has 5 N–H and O–H groups in total. The Bertz CT molecular complexity index is 509. The Morgan fingerprint density at radius 3 is 2.09 bits per heavy atom. The van der Waals surface area contributed by atoms with Crippen LogP contribution in [0.2, 0.25) is 0 Å². The van der Waals surface area contributed by atoms with E-state index in [1.807, 2.05) is 27.7 Å². The first kappa shape index (κ1) is 18.9. The van der Waals surface area contributed by atoms with E-state index in [1.165, 1.54) is 0 Å². The van der Waals surface area contributed by atoms with Crippen LogP contribution in [0.5, 0.6) is 0 Å². The monoisotopic (exact) mass is 326 g/mol. The zero-order valence-corrected chi connectivity index (χ0v) is 14.0. The fourth-order valence-electron chi connectivity index (χ4n) is 1.86. The van der Waals surface area contributed by atoms with Gasteiger partial charge in [-0.05, 0) is 26.2 Å². The van der Waals surface area contributed by atoms with E-state index in [1.54, 1.807) is 0 Å². The van der Waals surface area contributed by atoms with Crippen molar-refractivity contribution in [1.82, 2.24) is 15.0 Å². The number of hydrogen-bond donors (Lipinski definition) is 5. The number of rotatable bonds is 10. The highest BCUT2D eigenvalue weighted by Crippen LogP contribution is 2.14. The smallest absolute Gasteiger partial charge is 0.326 e. The molecule has 9 heteroatoms. The van der Waals surface area contributed by atoms with Crippen LogP contribution in [0, 0.1) is 5.92 Å². The molecule has 0 aliphatic rings. The molecule has 0 radical (unpaired) electrons. The minimum Gasteiger partial charge on any atom is -0.480 e. The molecule has 0 aromatic carbocycles. The highest BCUT2D eigenvalue weighted by Gasteiger charge is 2.20. The predicted octanol–water partition coefficient (Wildman–Crippen LogP) is 1.01. The van der Waals surface area contributed by atoms with Crippen molar-refractivity contribution in [3.05, 3.63) is 0 Å². The van der Waals surface area contributed by atoms with Gasteiger partial charge in [0.1, 0.15) is 6.04 Å². The van der Waals surface area contributed by atoms with Gasteiger partial charge in [0.15, 0.2) is 0 Å². The van der Waals surface area contributed by atoms with Gasteiger partial charge in [0, 0.05) is 12.6 Å². The van der Waals surface area contributed by atoms with Crippen LogP contribution < -0.4 is 16.0 Å². The largest absolute Gasteiger partial charge is 0.480 e. The van der Waals surface area contributed by atoms with Gasteiger partial charge in [-0.15, -0.1) is 0 Å². The minimum absolute atomic E-state index is 0.0630. The van der Waals surface area contributed by atoms with E-state index >= 15 is 0 Å². The molecule has 1 heterocycles.